The lowest BCUT2D eigenvalue weighted by atomic mass is 9.97. The third-order valence-electron chi connectivity index (χ3n) is 5.82. The van der Waals surface area contributed by atoms with Gasteiger partial charge in [-0.15, -0.1) is 11.3 Å². The van der Waals surface area contributed by atoms with E-state index >= 15 is 0 Å². The van der Waals surface area contributed by atoms with E-state index in [0.717, 1.165) is 67.2 Å². The number of aryl methyl sites for hydroxylation is 2. The van der Waals surface area contributed by atoms with Crippen molar-refractivity contribution in [2.24, 2.45) is 0 Å². The van der Waals surface area contributed by atoms with Crippen LogP contribution in [0.15, 0.2) is 24.3 Å². The summed E-state index contributed by atoms with van der Waals surface area (Å²) in [6.45, 7) is 4.52. The quantitative estimate of drug-likeness (QED) is 0.676. The summed E-state index contributed by atoms with van der Waals surface area (Å²) in [6, 6.07) is 8.03. The van der Waals surface area contributed by atoms with Gasteiger partial charge >= 0.3 is 0 Å². The molecule has 3 heterocycles. The van der Waals surface area contributed by atoms with Gasteiger partial charge in [0.15, 0.2) is 5.82 Å². The Balaban J connectivity index is 1.53. The van der Waals surface area contributed by atoms with Crippen LogP contribution in [0.4, 0.5) is 11.5 Å². The zero-order valence-corrected chi connectivity index (χ0v) is 17.6. The highest BCUT2D eigenvalue weighted by atomic mass is 32.1. The van der Waals surface area contributed by atoms with E-state index in [1.54, 1.807) is 7.11 Å². The van der Waals surface area contributed by atoms with E-state index in [9.17, 15) is 0 Å². The van der Waals surface area contributed by atoms with Crippen molar-refractivity contribution in [2.75, 3.05) is 38.7 Å². The number of nitrogens with one attached hydrogen (secondary N) is 2. The second-order valence-corrected chi connectivity index (χ2v) is 8.86. The van der Waals surface area contributed by atoms with Crippen LogP contribution in [0.3, 0.4) is 0 Å². The van der Waals surface area contributed by atoms with E-state index < -0.39 is 0 Å². The Morgan fingerprint density at radius 1 is 1.10 bits per heavy atom. The molecule has 2 N–H and O–H groups in total. The summed E-state index contributed by atoms with van der Waals surface area (Å²) in [5.41, 5.74) is 2.48. The second-order valence-electron chi connectivity index (χ2n) is 7.77. The number of rotatable bonds is 5. The van der Waals surface area contributed by atoms with Gasteiger partial charge in [-0.3, -0.25) is 0 Å². The van der Waals surface area contributed by atoms with E-state index in [0.29, 0.717) is 0 Å². The number of thiophene rings is 1. The van der Waals surface area contributed by atoms with Gasteiger partial charge in [0.1, 0.15) is 36.0 Å². The second kappa shape index (κ2) is 8.26. The maximum atomic E-state index is 5.50. The van der Waals surface area contributed by atoms with Crippen molar-refractivity contribution in [3.63, 3.8) is 0 Å². The first kappa shape index (κ1) is 18.8. The van der Waals surface area contributed by atoms with Gasteiger partial charge in [0.25, 0.3) is 0 Å². The molecule has 0 amide bonds. The Labute approximate surface area is 174 Å². The zero-order valence-electron chi connectivity index (χ0n) is 16.8. The summed E-state index contributed by atoms with van der Waals surface area (Å²) in [7, 11) is 1.69. The Morgan fingerprint density at radius 2 is 1.90 bits per heavy atom. The summed E-state index contributed by atoms with van der Waals surface area (Å²) in [5, 5.41) is 4.80. The molecule has 3 aromatic rings. The summed E-state index contributed by atoms with van der Waals surface area (Å²) >= 11 is 1.86. The molecule has 2 aliphatic rings. The molecule has 0 spiro atoms. The van der Waals surface area contributed by atoms with Crippen LogP contribution in [0.1, 0.15) is 29.1 Å². The average molecular weight is 412 g/mol. The molecule has 1 aromatic carbocycles. The molecule has 29 heavy (non-hydrogen) atoms. The first-order valence-corrected chi connectivity index (χ1v) is 11.3. The predicted molar refractivity (Wildman–Crippen MR) is 116 cm³/mol. The molecule has 1 saturated heterocycles. The zero-order chi connectivity index (χ0) is 19.6. The molecule has 0 radical (unpaired) electrons. The fourth-order valence-corrected chi connectivity index (χ4v) is 5.52. The topological polar surface area (TPSA) is 60.7 Å². The maximum absolute atomic E-state index is 5.50. The van der Waals surface area contributed by atoms with Crippen LogP contribution < -0.4 is 15.0 Å². The first-order valence-electron chi connectivity index (χ1n) is 10.4. The Morgan fingerprint density at radius 3 is 2.69 bits per heavy atom. The molecule has 0 bridgehead atoms. The molecular weight excluding hydrogens is 384 g/mol. The molecule has 1 aliphatic carbocycles. The lowest BCUT2D eigenvalue weighted by Gasteiger charge is -2.23. The average Bonchev–Trinajstić information content (AvgIpc) is 3.13. The maximum Gasteiger partial charge on any atom is 0.187 e. The van der Waals surface area contributed by atoms with Crippen LogP contribution in [0.5, 0.6) is 5.75 Å². The highest BCUT2D eigenvalue weighted by Gasteiger charge is 2.23. The van der Waals surface area contributed by atoms with Gasteiger partial charge in [-0.2, -0.15) is 0 Å². The van der Waals surface area contributed by atoms with Crippen LogP contribution in [0, 0.1) is 0 Å². The smallest absolute Gasteiger partial charge is 0.187 e. The monoisotopic (exact) mass is 411 g/mol. The van der Waals surface area contributed by atoms with Crippen molar-refractivity contribution in [3.8, 4) is 5.75 Å². The SMILES string of the molecule is COc1ccc(Nc2nc(C[NH+]3CCOCC3)nc3sc4c(c23)CCCC4)cc1. The number of anilines is 2. The predicted octanol–water partition coefficient (Wildman–Crippen LogP) is 2.74. The molecule has 1 fully saturated rings. The van der Waals surface area contributed by atoms with E-state index in [2.05, 4.69) is 5.32 Å². The van der Waals surface area contributed by atoms with Crippen molar-refractivity contribution >= 4 is 33.1 Å². The molecule has 152 valence electrons. The summed E-state index contributed by atoms with van der Waals surface area (Å²) in [4.78, 5) is 14.1. The fourth-order valence-electron chi connectivity index (χ4n) is 4.24. The molecule has 2 aromatic heterocycles. The minimum Gasteiger partial charge on any atom is -0.497 e. The highest BCUT2D eigenvalue weighted by Crippen LogP contribution is 2.39. The van der Waals surface area contributed by atoms with Gasteiger partial charge < -0.3 is 19.7 Å². The van der Waals surface area contributed by atoms with E-state index in [1.165, 1.54) is 40.0 Å². The number of methoxy groups -OCH3 is 1. The minimum atomic E-state index is 0.821. The first-order chi connectivity index (χ1) is 14.3. The van der Waals surface area contributed by atoms with Crippen molar-refractivity contribution in [2.45, 2.75) is 32.2 Å². The van der Waals surface area contributed by atoms with E-state index in [1.807, 2.05) is 35.6 Å². The van der Waals surface area contributed by atoms with E-state index in [-0.39, 0.29) is 0 Å². The van der Waals surface area contributed by atoms with Crippen LogP contribution in [0.2, 0.25) is 0 Å². The number of hydrogen-bond acceptors (Lipinski definition) is 6. The van der Waals surface area contributed by atoms with Crippen molar-refractivity contribution in [1.82, 2.24) is 9.97 Å². The third-order valence-corrected chi connectivity index (χ3v) is 7.01. The van der Waals surface area contributed by atoms with Crippen molar-refractivity contribution in [3.05, 3.63) is 40.5 Å². The van der Waals surface area contributed by atoms with Gasteiger partial charge in [-0.1, -0.05) is 0 Å². The van der Waals surface area contributed by atoms with Gasteiger partial charge in [0.05, 0.1) is 25.7 Å². The number of nitrogens with zero attached hydrogens (tertiary/aromatic N) is 2. The lowest BCUT2D eigenvalue weighted by molar-refractivity contribution is -0.922. The van der Waals surface area contributed by atoms with Crippen LogP contribution >= 0.6 is 11.3 Å². The van der Waals surface area contributed by atoms with Gasteiger partial charge in [-0.25, -0.2) is 9.97 Å². The Kier molecular flexibility index (Phi) is 5.35. The highest BCUT2D eigenvalue weighted by molar-refractivity contribution is 7.19. The number of fused-ring (bicyclic) bond motifs is 3. The molecule has 0 atom stereocenters. The lowest BCUT2D eigenvalue weighted by Crippen LogP contribution is -3.12. The van der Waals surface area contributed by atoms with Gasteiger partial charge in [0.2, 0.25) is 0 Å². The number of benzene rings is 1. The fraction of sp³-hybridized carbons (Fsp3) is 0.455. The molecule has 5 rings (SSSR count). The number of morpholine rings is 1. The molecule has 7 heteroatoms. The number of hydrogen-bond donors (Lipinski definition) is 2. The van der Waals surface area contributed by atoms with Crippen molar-refractivity contribution < 1.29 is 14.4 Å². The molecule has 1 aliphatic heterocycles. The van der Waals surface area contributed by atoms with Gasteiger partial charge in [0, 0.05) is 10.6 Å². The van der Waals surface area contributed by atoms with Crippen molar-refractivity contribution in [1.29, 1.82) is 0 Å². The largest absolute Gasteiger partial charge is 0.497 e. The standard InChI is InChI=1S/C22H26N4O2S/c1-27-16-8-6-15(7-9-16)23-21-20-17-4-2-3-5-18(17)29-22(20)25-19(24-21)14-26-10-12-28-13-11-26/h6-9H,2-5,10-14H2,1H3,(H,23,24,25)/p+1. The van der Waals surface area contributed by atoms with Crippen LogP contribution in [-0.2, 0) is 24.1 Å². The Bertz CT molecular complexity index is 996. The summed E-state index contributed by atoms with van der Waals surface area (Å²) in [5.74, 6) is 2.72. The van der Waals surface area contributed by atoms with Gasteiger partial charge in [-0.05, 0) is 55.5 Å². The number of quaternary nitrogens is 1. The number of ether oxygens (including phenoxy) is 2. The minimum absolute atomic E-state index is 0.821. The molecule has 0 unspecified atom stereocenters. The molecule has 0 saturated carbocycles. The molecule has 6 nitrogen and oxygen atoms in total. The molecular formula is C22H27N4O2S+. The van der Waals surface area contributed by atoms with E-state index in [4.69, 9.17) is 19.4 Å². The van der Waals surface area contributed by atoms with Crippen LogP contribution in [0.25, 0.3) is 10.2 Å². The third kappa shape index (κ3) is 3.95. The normalized spacial score (nSPS) is 17.3. The van der Waals surface area contributed by atoms with Crippen LogP contribution in [-0.4, -0.2) is 43.4 Å². The Hall–Kier alpha value is -2.22. The summed E-state index contributed by atoms with van der Waals surface area (Å²) in [6.07, 6.45) is 4.83. The number of aromatic nitrogens is 2. The summed E-state index contributed by atoms with van der Waals surface area (Å²) < 4.78 is 10.8.